The number of nitrogens with zero attached hydrogens (tertiary/aromatic N) is 3. The molecule has 6 aromatic rings. The minimum Gasteiger partial charge on any atom is -0.495 e. The summed E-state index contributed by atoms with van der Waals surface area (Å²) in [6, 6.07) is 14.3. The molecule has 0 unspecified atom stereocenters. The van der Waals surface area contributed by atoms with Crippen molar-refractivity contribution in [2.45, 2.75) is 0 Å². The number of hydrogen-bond donors (Lipinski definition) is 2. The maximum atomic E-state index is 5.30. The first-order valence-electron chi connectivity index (χ1n) is 9.78. The molecule has 0 radical (unpaired) electrons. The van der Waals surface area contributed by atoms with Crippen LogP contribution in [0.5, 0.6) is 5.75 Å². The van der Waals surface area contributed by atoms with Crippen molar-refractivity contribution >= 4 is 21.9 Å². The number of rotatable bonds is 4. The van der Waals surface area contributed by atoms with Gasteiger partial charge in [-0.2, -0.15) is 5.10 Å². The zero-order chi connectivity index (χ0) is 20.8. The molecule has 0 amide bonds. The fourth-order valence-electron chi connectivity index (χ4n) is 3.91. The second-order valence-electron chi connectivity index (χ2n) is 7.27. The largest absolute Gasteiger partial charge is 0.495 e. The van der Waals surface area contributed by atoms with Gasteiger partial charge in [0, 0.05) is 45.4 Å². The molecule has 0 saturated carbocycles. The van der Waals surface area contributed by atoms with Crippen molar-refractivity contribution in [3.05, 3.63) is 73.6 Å². The minimum atomic E-state index is 0.656. The molecule has 0 atom stereocenters. The van der Waals surface area contributed by atoms with E-state index in [1.807, 2.05) is 18.2 Å². The van der Waals surface area contributed by atoms with E-state index in [4.69, 9.17) is 9.15 Å². The summed E-state index contributed by atoms with van der Waals surface area (Å²) >= 11 is 0. The molecule has 0 saturated heterocycles. The molecule has 7 nitrogen and oxygen atoms in total. The summed E-state index contributed by atoms with van der Waals surface area (Å²) < 4.78 is 10.6. The van der Waals surface area contributed by atoms with Crippen molar-refractivity contribution in [1.82, 2.24) is 25.1 Å². The second kappa shape index (κ2) is 6.84. The van der Waals surface area contributed by atoms with E-state index in [1.165, 1.54) is 0 Å². The highest BCUT2D eigenvalue weighted by Gasteiger charge is 2.15. The number of hydrogen-bond acceptors (Lipinski definition) is 5. The Kier molecular flexibility index (Phi) is 3.86. The Labute approximate surface area is 176 Å². The van der Waals surface area contributed by atoms with Crippen LogP contribution in [0.1, 0.15) is 0 Å². The Bertz CT molecular complexity index is 1530. The van der Waals surface area contributed by atoms with Crippen molar-refractivity contribution in [3.63, 3.8) is 0 Å². The van der Waals surface area contributed by atoms with Crippen LogP contribution < -0.4 is 4.74 Å². The van der Waals surface area contributed by atoms with Gasteiger partial charge in [0.15, 0.2) is 5.65 Å². The van der Waals surface area contributed by atoms with Gasteiger partial charge in [-0.15, -0.1) is 0 Å². The molecule has 31 heavy (non-hydrogen) atoms. The van der Waals surface area contributed by atoms with Crippen LogP contribution in [0.15, 0.2) is 78.0 Å². The van der Waals surface area contributed by atoms with E-state index < -0.39 is 0 Å². The van der Waals surface area contributed by atoms with Gasteiger partial charge in [-0.25, -0.2) is 4.98 Å². The standard InChI is InChI=1S/C24H17N5O2/c1-30-17-7-15(10-25-12-17)16-8-20-23(28-29-24(20)26-11-16)22-9-19-18(14-5-6-31-13-14)3-2-4-21(19)27-22/h2-13,27H,1H3,(H,26,28,29). The second-order valence-corrected chi connectivity index (χ2v) is 7.27. The molecule has 0 fully saturated rings. The van der Waals surface area contributed by atoms with Crippen molar-refractivity contribution in [1.29, 1.82) is 0 Å². The molecule has 0 bridgehead atoms. The molecule has 5 heterocycles. The third-order valence-corrected chi connectivity index (χ3v) is 5.46. The van der Waals surface area contributed by atoms with E-state index in [9.17, 15) is 0 Å². The topological polar surface area (TPSA) is 92.6 Å². The fourth-order valence-corrected chi connectivity index (χ4v) is 3.91. The van der Waals surface area contributed by atoms with Gasteiger partial charge in [0.05, 0.1) is 37.2 Å². The first kappa shape index (κ1) is 17.5. The number of H-pyrrole nitrogens is 2. The maximum absolute atomic E-state index is 5.30. The first-order valence-corrected chi connectivity index (χ1v) is 9.78. The first-order chi connectivity index (χ1) is 15.3. The van der Waals surface area contributed by atoms with Crippen LogP contribution in [0.4, 0.5) is 0 Å². The van der Waals surface area contributed by atoms with E-state index in [1.54, 1.807) is 38.2 Å². The van der Waals surface area contributed by atoms with E-state index >= 15 is 0 Å². The molecule has 0 aliphatic rings. The summed E-state index contributed by atoms with van der Waals surface area (Å²) in [5.74, 6) is 0.701. The molecule has 1 aromatic carbocycles. The highest BCUT2D eigenvalue weighted by Crippen LogP contribution is 2.35. The average molecular weight is 407 g/mol. The van der Waals surface area contributed by atoms with Gasteiger partial charge in [-0.3, -0.25) is 10.1 Å². The minimum absolute atomic E-state index is 0.656. The SMILES string of the molecule is COc1cncc(-c2cnc3n[nH]c(-c4cc5c(-c6ccoc6)cccc5[nH]4)c3c2)c1. The number of pyridine rings is 2. The van der Waals surface area contributed by atoms with Crippen molar-refractivity contribution in [3.8, 4) is 39.4 Å². The third kappa shape index (κ3) is 2.86. The van der Waals surface area contributed by atoms with Gasteiger partial charge >= 0.3 is 0 Å². The monoisotopic (exact) mass is 407 g/mol. The average Bonchev–Trinajstić information content (AvgIpc) is 3.57. The van der Waals surface area contributed by atoms with Crippen LogP contribution in [0, 0.1) is 0 Å². The van der Waals surface area contributed by atoms with Crippen LogP contribution in [0.3, 0.4) is 0 Å². The molecule has 0 aliphatic carbocycles. The summed E-state index contributed by atoms with van der Waals surface area (Å²) in [5.41, 5.74) is 7.54. The van der Waals surface area contributed by atoms with Gasteiger partial charge in [0.25, 0.3) is 0 Å². The Morgan fingerprint density at radius 3 is 2.74 bits per heavy atom. The summed E-state index contributed by atoms with van der Waals surface area (Å²) in [7, 11) is 1.63. The number of methoxy groups -OCH3 is 1. The Hall–Kier alpha value is -4.39. The van der Waals surface area contributed by atoms with E-state index in [0.29, 0.717) is 11.4 Å². The molecule has 0 aliphatic heterocycles. The highest BCUT2D eigenvalue weighted by molar-refractivity contribution is 6.01. The van der Waals surface area contributed by atoms with E-state index in [-0.39, 0.29) is 0 Å². The summed E-state index contributed by atoms with van der Waals surface area (Å²) in [4.78, 5) is 12.3. The smallest absolute Gasteiger partial charge is 0.181 e. The third-order valence-electron chi connectivity index (χ3n) is 5.46. The van der Waals surface area contributed by atoms with Crippen LogP contribution in [-0.4, -0.2) is 32.3 Å². The van der Waals surface area contributed by atoms with E-state index in [2.05, 4.69) is 49.4 Å². The molecular weight excluding hydrogens is 390 g/mol. The molecular formula is C24H17N5O2. The predicted octanol–water partition coefficient (Wildman–Crippen LogP) is 5.44. The van der Waals surface area contributed by atoms with Crippen LogP contribution in [-0.2, 0) is 0 Å². The van der Waals surface area contributed by atoms with Crippen LogP contribution in [0.2, 0.25) is 0 Å². The number of benzene rings is 1. The molecule has 0 spiro atoms. The van der Waals surface area contributed by atoms with Crippen LogP contribution in [0.25, 0.3) is 55.6 Å². The normalized spacial score (nSPS) is 11.4. The van der Waals surface area contributed by atoms with Gasteiger partial charge in [-0.1, -0.05) is 12.1 Å². The predicted molar refractivity (Wildman–Crippen MR) is 119 cm³/mol. The zero-order valence-corrected chi connectivity index (χ0v) is 16.6. The van der Waals surface area contributed by atoms with Crippen molar-refractivity contribution in [2.24, 2.45) is 0 Å². The highest BCUT2D eigenvalue weighted by atomic mass is 16.5. The Balaban J connectivity index is 1.50. The number of ether oxygens (including phenoxy) is 1. The number of furan rings is 1. The van der Waals surface area contributed by atoms with E-state index in [0.717, 1.165) is 49.9 Å². The number of fused-ring (bicyclic) bond motifs is 2. The number of nitrogens with one attached hydrogen (secondary N) is 2. The summed E-state index contributed by atoms with van der Waals surface area (Å²) in [6.07, 6.45) is 8.72. The summed E-state index contributed by atoms with van der Waals surface area (Å²) in [6.45, 7) is 0. The van der Waals surface area contributed by atoms with Crippen molar-refractivity contribution in [2.75, 3.05) is 7.11 Å². The summed E-state index contributed by atoms with van der Waals surface area (Å²) in [5, 5.41) is 9.58. The number of aromatic nitrogens is 5. The van der Waals surface area contributed by atoms with Gasteiger partial charge in [0.1, 0.15) is 5.75 Å². The maximum Gasteiger partial charge on any atom is 0.181 e. The Morgan fingerprint density at radius 1 is 0.935 bits per heavy atom. The lowest BCUT2D eigenvalue weighted by atomic mass is 10.0. The molecule has 5 aromatic heterocycles. The quantitative estimate of drug-likeness (QED) is 0.406. The lowest BCUT2D eigenvalue weighted by Gasteiger charge is -2.04. The van der Waals surface area contributed by atoms with Crippen molar-refractivity contribution < 1.29 is 9.15 Å². The van der Waals surface area contributed by atoms with Gasteiger partial charge in [0.2, 0.25) is 0 Å². The molecule has 7 heteroatoms. The van der Waals surface area contributed by atoms with Gasteiger partial charge in [-0.05, 0) is 35.9 Å². The molecule has 150 valence electrons. The van der Waals surface area contributed by atoms with Crippen LogP contribution >= 0.6 is 0 Å². The fraction of sp³-hybridized carbons (Fsp3) is 0.0417. The number of aromatic amines is 2. The zero-order valence-electron chi connectivity index (χ0n) is 16.6. The molecule has 2 N–H and O–H groups in total. The lowest BCUT2D eigenvalue weighted by molar-refractivity contribution is 0.413. The van der Waals surface area contributed by atoms with Gasteiger partial charge < -0.3 is 14.1 Å². The Morgan fingerprint density at radius 2 is 1.87 bits per heavy atom. The lowest BCUT2D eigenvalue weighted by Crippen LogP contribution is -1.87. The molecule has 6 rings (SSSR count).